The first kappa shape index (κ1) is 35.6. The van der Waals surface area contributed by atoms with E-state index in [1.165, 1.54) is 9.70 Å². The van der Waals surface area contributed by atoms with Gasteiger partial charge in [-0.25, -0.2) is 9.59 Å². The Morgan fingerprint density at radius 3 is 2.65 bits per heavy atom. The van der Waals surface area contributed by atoms with E-state index in [-0.39, 0.29) is 25.3 Å². The van der Waals surface area contributed by atoms with Crippen molar-refractivity contribution in [1.29, 1.82) is 0 Å². The monoisotopic (exact) mass is 699 g/mol. The molecule has 0 unspecified atom stereocenters. The van der Waals surface area contributed by atoms with Crippen LogP contribution in [0.3, 0.4) is 0 Å². The van der Waals surface area contributed by atoms with Gasteiger partial charge in [0, 0.05) is 24.4 Å². The molecule has 0 radical (unpaired) electrons. The van der Waals surface area contributed by atoms with E-state index < -0.39 is 53.1 Å². The maximum Gasteiger partial charge on any atom is 0.408 e. The van der Waals surface area contributed by atoms with Gasteiger partial charge in [0.2, 0.25) is 17.6 Å². The van der Waals surface area contributed by atoms with E-state index in [4.69, 9.17) is 9.47 Å². The average molecular weight is 700 g/mol. The molecular formula is C37H45N7O7. The van der Waals surface area contributed by atoms with Gasteiger partial charge in [-0.15, -0.1) is 10.2 Å². The molecule has 5 atom stereocenters. The predicted octanol–water partition coefficient (Wildman–Crippen LogP) is 4.43. The molecule has 6 rings (SSSR count). The number of carboxylic acid groups (broad SMARTS) is 1. The number of nitrogens with zero attached hydrogens (tertiary/aromatic N) is 5. The molecule has 0 spiro atoms. The minimum atomic E-state index is -1.44. The van der Waals surface area contributed by atoms with Crippen LogP contribution in [0.5, 0.6) is 5.75 Å². The molecule has 51 heavy (non-hydrogen) atoms. The summed E-state index contributed by atoms with van der Waals surface area (Å²) < 4.78 is 11.4. The summed E-state index contributed by atoms with van der Waals surface area (Å²) in [7, 11) is 0. The average Bonchev–Trinajstić information content (AvgIpc) is 3.39. The quantitative estimate of drug-likeness (QED) is 0.299. The van der Waals surface area contributed by atoms with Crippen molar-refractivity contribution < 1.29 is 33.8 Å². The molecule has 14 heteroatoms. The molecule has 3 aromatic rings. The van der Waals surface area contributed by atoms with Gasteiger partial charge in [0.1, 0.15) is 35.6 Å². The van der Waals surface area contributed by atoms with E-state index in [1.807, 2.05) is 66.7 Å². The van der Waals surface area contributed by atoms with Gasteiger partial charge >= 0.3 is 12.1 Å². The lowest BCUT2D eigenvalue weighted by Gasteiger charge is -2.30. The summed E-state index contributed by atoms with van der Waals surface area (Å²) in [5, 5.41) is 28.9. The number of allylic oxidation sites excluding steroid dienone is 1. The van der Waals surface area contributed by atoms with Crippen LogP contribution in [-0.4, -0.2) is 83.9 Å². The molecule has 2 fully saturated rings. The molecule has 14 nitrogen and oxygen atoms in total. The Morgan fingerprint density at radius 2 is 1.88 bits per heavy atom. The SMILES string of the molecule is CC(C)(C)OC(=O)N[C@H]1CCCCC/C=C\[C@H]2C[C@@]2(C(=O)O)NC(=O)[C@@H]2C[C@@H](n3nnc(-c4cccc(OCc5ccccc5)c4)n3)CN2C1=O. The standard InChI is InChI=1S/C37H45N7O7/c1-36(2,3)51-35(49)38-29-18-11-6-4-5-10-16-26-21-37(26,34(47)48)39-32(45)30-20-27(22-43(30)33(29)46)44-41-31(40-42-44)25-15-12-17-28(19-25)50-23-24-13-8-7-9-14-24/h7-10,12-17,19,26-27,29-30H,4-6,11,18,20-23H2,1-3H3,(H,38,49)(H,39,45)(H,47,48)/b16-10-/t26-,27+,29-,30-,37+/m0/s1. The van der Waals surface area contributed by atoms with Crippen molar-refractivity contribution in [1.82, 2.24) is 35.7 Å². The third-order valence-electron chi connectivity index (χ3n) is 9.42. The van der Waals surface area contributed by atoms with Crippen LogP contribution in [0.15, 0.2) is 66.7 Å². The molecular weight excluding hydrogens is 654 g/mol. The third-order valence-corrected chi connectivity index (χ3v) is 9.42. The number of hydrogen-bond acceptors (Lipinski definition) is 9. The fourth-order valence-corrected chi connectivity index (χ4v) is 6.66. The first-order valence-corrected chi connectivity index (χ1v) is 17.5. The maximum absolute atomic E-state index is 14.3. The Kier molecular flexibility index (Phi) is 10.4. The Morgan fingerprint density at radius 1 is 1.08 bits per heavy atom. The van der Waals surface area contributed by atoms with Crippen LogP contribution in [0, 0.1) is 5.92 Å². The number of aliphatic carboxylic acids is 1. The van der Waals surface area contributed by atoms with E-state index in [9.17, 15) is 24.3 Å². The van der Waals surface area contributed by atoms with Crippen molar-refractivity contribution >= 4 is 23.9 Å². The van der Waals surface area contributed by atoms with Crippen LogP contribution in [0.1, 0.15) is 77.3 Å². The minimum Gasteiger partial charge on any atom is -0.489 e. The normalized spacial score (nSPS) is 26.1. The Balaban J connectivity index is 1.24. The van der Waals surface area contributed by atoms with Crippen LogP contribution in [0.4, 0.5) is 4.79 Å². The van der Waals surface area contributed by atoms with Gasteiger partial charge in [-0.2, -0.15) is 4.80 Å². The molecule has 1 saturated carbocycles. The number of carbonyl (C=O) groups is 4. The lowest BCUT2D eigenvalue weighted by Crippen LogP contribution is -2.56. The van der Waals surface area contributed by atoms with Crippen molar-refractivity contribution in [3.05, 3.63) is 72.3 Å². The van der Waals surface area contributed by atoms with Crippen LogP contribution in [-0.2, 0) is 25.7 Å². The third kappa shape index (κ3) is 8.55. The molecule has 3 heterocycles. The summed E-state index contributed by atoms with van der Waals surface area (Å²) in [5.41, 5.74) is -0.524. The second kappa shape index (κ2) is 14.9. The van der Waals surface area contributed by atoms with Crippen LogP contribution < -0.4 is 15.4 Å². The minimum absolute atomic E-state index is 0.0445. The molecule has 3 N–H and O–H groups in total. The topological polar surface area (TPSA) is 178 Å². The molecule has 1 aliphatic carbocycles. The highest BCUT2D eigenvalue weighted by atomic mass is 16.6. The fraction of sp³-hybridized carbons (Fsp3) is 0.486. The maximum atomic E-state index is 14.3. The number of carbonyl (C=O) groups excluding carboxylic acids is 3. The first-order valence-electron chi connectivity index (χ1n) is 17.5. The summed E-state index contributed by atoms with van der Waals surface area (Å²) in [5.74, 6) is -1.55. The molecule has 3 aliphatic rings. The number of alkyl carbamates (subject to hydrolysis) is 1. The number of hydrogen-bond donors (Lipinski definition) is 3. The van der Waals surface area contributed by atoms with Crippen molar-refractivity contribution in [3.63, 3.8) is 0 Å². The summed E-state index contributed by atoms with van der Waals surface area (Å²) in [4.78, 5) is 56.4. The number of benzene rings is 2. The van der Waals surface area contributed by atoms with Gasteiger partial charge in [-0.1, -0.05) is 67.5 Å². The molecule has 2 aromatic carbocycles. The van der Waals surface area contributed by atoms with E-state index in [1.54, 1.807) is 20.8 Å². The number of nitrogens with one attached hydrogen (secondary N) is 2. The number of tetrazole rings is 1. The summed E-state index contributed by atoms with van der Waals surface area (Å²) in [6.07, 6.45) is 6.83. The zero-order chi connectivity index (χ0) is 36.2. The molecule has 1 saturated heterocycles. The molecule has 3 amide bonds. The number of carboxylic acids is 1. The van der Waals surface area contributed by atoms with Gasteiger partial charge in [0.25, 0.3) is 0 Å². The molecule has 2 aliphatic heterocycles. The molecule has 0 bridgehead atoms. The first-order chi connectivity index (χ1) is 24.4. The summed E-state index contributed by atoms with van der Waals surface area (Å²) >= 11 is 0. The van der Waals surface area contributed by atoms with E-state index in [2.05, 4.69) is 26.0 Å². The molecule has 270 valence electrons. The van der Waals surface area contributed by atoms with Crippen molar-refractivity contribution in [2.75, 3.05) is 6.54 Å². The van der Waals surface area contributed by atoms with Crippen LogP contribution >= 0.6 is 0 Å². The van der Waals surface area contributed by atoms with Gasteiger partial charge < -0.3 is 30.1 Å². The number of ether oxygens (including phenoxy) is 2. The van der Waals surface area contributed by atoms with Crippen molar-refractivity contribution in [2.45, 2.75) is 102 Å². The zero-order valence-corrected chi connectivity index (χ0v) is 29.2. The summed E-state index contributed by atoms with van der Waals surface area (Å²) in [6.45, 7) is 5.65. The zero-order valence-electron chi connectivity index (χ0n) is 29.2. The highest BCUT2D eigenvalue weighted by molar-refractivity contribution is 5.96. The van der Waals surface area contributed by atoms with E-state index in [0.717, 1.165) is 24.8 Å². The Hall–Kier alpha value is -5.27. The highest BCUT2D eigenvalue weighted by Crippen LogP contribution is 2.45. The fourth-order valence-electron chi connectivity index (χ4n) is 6.66. The van der Waals surface area contributed by atoms with E-state index >= 15 is 0 Å². The van der Waals surface area contributed by atoms with E-state index in [0.29, 0.717) is 36.6 Å². The molecule has 1 aromatic heterocycles. The van der Waals surface area contributed by atoms with Gasteiger partial charge in [0.05, 0.1) is 6.04 Å². The number of rotatable bonds is 7. The Bertz CT molecular complexity index is 1770. The largest absolute Gasteiger partial charge is 0.489 e. The second-order valence-corrected chi connectivity index (χ2v) is 14.5. The van der Waals surface area contributed by atoms with Crippen LogP contribution in [0.25, 0.3) is 11.4 Å². The number of aromatic nitrogens is 4. The summed E-state index contributed by atoms with van der Waals surface area (Å²) in [6, 6.07) is 14.6. The lowest BCUT2D eigenvalue weighted by atomic mass is 10.0. The second-order valence-electron chi connectivity index (χ2n) is 14.5. The van der Waals surface area contributed by atoms with Crippen molar-refractivity contribution in [2.24, 2.45) is 5.92 Å². The van der Waals surface area contributed by atoms with Crippen LogP contribution in [0.2, 0.25) is 0 Å². The van der Waals surface area contributed by atoms with Gasteiger partial charge in [-0.3, -0.25) is 9.59 Å². The highest BCUT2D eigenvalue weighted by Gasteiger charge is 2.61. The lowest BCUT2D eigenvalue weighted by molar-refractivity contribution is -0.145. The van der Waals surface area contributed by atoms with Gasteiger partial charge in [-0.05, 0) is 69.4 Å². The Labute approximate surface area is 296 Å². The predicted molar refractivity (Wildman–Crippen MR) is 185 cm³/mol. The number of fused-ring (bicyclic) bond motifs is 2. The van der Waals surface area contributed by atoms with Crippen molar-refractivity contribution in [3.8, 4) is 17.1 Å². The smallest absolute Gasteiger partial charge is 0.408 e. The van der Waals surface area contributed by atoms with Gasteiger partial charge in [0.15, 0.2) is 0 Å². The number of amides is 3.